The van der Waals surface area contributed by atoms with Crippen LogP contribution in [0.5, 0.6) is 5.75 Å². The van der Waals surface area contributed by atoms with Crippen molar-refractivity contribution in [2.45, 2.75) is 26.3 Å². The molecule has 0 aliphatic heterocycles. The Morgan fingerprint density at radius 2 is 1.90 bits per heavy atom. The molecule has 0 spiro atoms. The third-order valence-electron chi connectivity index (χ3n) is 4.42. The molecular formula is C23H22N2O4S. The van der Waals surface area contributed by atoms with Crippen molar-refractivity contribution < 1.29 is 19.1 Å². The average molecular weight is 423 g/mol. The molecule has 0 radical (unpaired) electrons. The number of unbranched alkanes of at least 4 members (excludes halogenated alkanes) is 1. The molecule has 154 valence electrons. The molecule has 0 fully saturated rings. The van der Waals surface area contributed by atoms with Crippen LogP contribution in [0.2, 0.25) is 0 Å². The molecular weight excluding hydrogens is 400 g/mol. The molecule has 0 aliphatic rings. The minimum atomic E-state index is -0.426. The van der Waals surface area contributed by atoms with Crippen molar-refractivity contribution in [1.29, 1.82) is 0 Å². The number of carbonyl (C=O) groups is 2. The SMILES string of the molecule is C#CCn1c(=NC(=O)c2ccc(OCCCC)cc2)sc2cc(C(=O)OC)ccc21. The minimum Gasteiger partial charge on any atom is -0.494 e. The highest BCUT2D eigenvalue weighted by molar-refractivity contribution is 7.16. The zero-order valence-corrected chi connectivity index (χ0v) is 17.7. The van der Waals surface area contributed by atoms with Gasteiger partial charge in [-0.2, -0.15) is 4.99 Å². The second-order valence-corrected chi connectivity index (χ2v) is 7.50. The first-order valence-electron chi connectivity index (χ1n) is 9.54. The molecule has 3 aromatic rings. The Morgan fingerprint density at radius 1 is 1.17 bits per heavy atom. The van der Waals surface area contributed by atoms with Crippen molar-refractivity contribution in [2.75, 3.05) is 13.7 Å². The second-order valence-electron chi connectivity index (χ2n) is 6.49. The lowest BCUT2D eigenvalue weighted by atomic mass is 10.2. The fraction of sp³-hybridized carbons (Fsp3) is 0.261. The van der Waals surface area contributed by atoms with Crippen molar-refractivity contribution in [3.05, 3.63) is 58.4 Å². The number of ether oxygens (including phenoxy) is 2. The molecule has 1 amide bonds. The van der Waals surface area contributed by atoms with Crippen LogP contribution in [0, 0.1) is 12.3 Å². The molecule has 0 bridgehead atoms. The maximum atomic E-state index is 12.7. The number of rotatable bonds is 7. The number of fused-ring (bicyclic) bond motifs is 1. The van der Waals surface area contributed by atoms with Crippen LogP contribution >= 0.6 is 11.3 Å². The number of terminal acetylenes is 1. The van der Waals surface area contributed by atoms with Gasteiger partial charge in [-0.25, -0.2) is 4.79 Å². The first-order valence-corrected chi connectivity index (χ1v) is 10.4. The molecule has 6 nitrogen and oxygen atoms in total. The van der Waals surface area contributed by atoms with Gasteiger partial charge in [-0.3, -0.25) is 4.79 Å². The van der Waals surface area contributed by atoms with Gasteiger partial charge in [0.1, 0.15) is 5.75 Å². The van der Waals surface area contributed by atoms with Crippen LogP contribution in [-0.2, 0) is 11.3 Å². The molecule has 0 atom stereocenters. The van der Waals surface area contributed by atoms with E-state index in [0.29, 0.717) is 22.5 Å². The topological polar surface area (TPSA) is 69.9 Å². The molecule has 7 heteroatoms. The lowest BCUT2D eigenvalue weighted by Crippen LogP contribution is -2.16. The standard InChI is InChI=1S/C23H22N2O4S/c1-4-6-14-29-18-10-7-16(8-11-18)21(26)24-23-25(13-5-2)19-12-9-17(22(27)28-3)15-20(19)30-23/h2,7-12,15H,4,6,13-14H2,1,3H3. The average Bonchev–Trinajstić information content (AvgIpc) is 3.10. The van der Waals surface area contributed by atoms with E-state index < -0.39 is 5.97 Å². The molecule has 3 rings (SSSR count). The van der Waals surface area contributed by atoms with Gasteiger partial charge < -0.3 is 14.0 Å². The summed E-state index contributed by atoms with van der Waals surface area (Å²) >= 11 is 1.29. The summed E-state index contributed by atoms with van der Waals surface area (Å²) in [4.78, 5) is 29.2. The monoisotopic (exact) mass is 422 g/mol. The Balaban J connectivity index is 1.94. The van der Waals surface area contributed by atoms with Gasteiger partial charge in [0.05, 0.1) is 36.0 Å². The summed E-state index contributed by atoms with van der Waals surface area (Å²) in [6.07, 6.45) is 7.55. The van der Waals surface area contributed by atoms with E-state index >= 15 is 0 Å². The van der Waals surface area contributed by atoms with E-state index in [1.165, 1.54) is 18.4 Å². The number of benzene rings is 2. The number of hydrogen-bond acceptors (Lipinski definition) is 5. The highest BCUT2D eigenvalue weighted by Gasteiger charge is 2.12. The van der Waals surface area contributed by atoms with Crippen LogP contribution in [-0.4, -0.2) is 30.2 Å². The number of esters is 1. The molecule has 30 heavy (non-hydrogen) atoms. The van der Waals surface area contributed by atoms with Crippen molar-refractivity contribution in [1.82, 2.24) is 4.57 Å². The lowest BCUT2D eigenvalue weighted by molar-refractivity contribution is 0.0600. The number of carbonyl (C=O) groups excluding carboxylic acids is 2. The van der Waals surface area contributed by atoms with Crippen molar-refractivity contribution >= 4 is 33.4 Å². The second kappa shape index (κ2) is 9.90. The van der Waals surface area contributed by atoms with Gasteiger partial charge >= 0.3 is 5.97 Å². The summed E-state index contributed by atoms with van der Waals surface area (Å²) in [5, 5.41) is 0. The van der Waals surface area contributed by atoms with Gasteiger partial charge in [0.25, 0.3) is 5.91 Å². The molecule has 2 aromatic carbocycles. The van der Waals surface area contributed by atoms with Gasteiger partial charge in [-0.15, -0.1) is 6.42 Å². The Bertz CT molecular complexity index is 1170. The Morgan fingerprint density at radius 3 is 2.57 bits per heavy atom. The molecule has 1 heterocycles. The maximum Gasteiger partial charge on any atom is 0.337 e. The van der Waals surface area contributed by atoms with Crippen LogP contribution in [0.4, 0.5) is 0 Å². The van der Waals surface area contributed by atoms with E-state index in [0.717, 1.165) is 28.8 Å². The van der Waals surface area contributed by atoms with Crippen LogP contribution < -0.4 is 9.54 Å². The summed E-state index contributed by atoms with van der Waals surface area (Å²) in [5.41, 5.74) is 1.69. The third-order valence-corrected chi connectivity index (χ3v) is 5.46. The van der Waals surface area contributed by atoms with Gasteiger partial charge in [0.15, 0.2) is 4.80 Å². The van der Waals surface area contributed by atoms with Crippen molar-refractivity contribution in [2.24, 2.45) is 4.99 Å². The van der Waals surface area contributed by atoms with E-state index in [4.69, 9.17) is 15.9 Å². The van der Waals surface area contributed by atoms with Crippen LogP contribution in [0.1, 0.15) is 40.5 Å². The summed E-state index contributed by atoms with van der Waals surface area (Å²) in [6.45, 7) is 3.01. The molecule has 0 aliphatic carbocycles. The number of nitrogens with zero attached hydrogens (tertiary/aromatic N) is 2. The van der Waals surface area contributed by atoms with Gasteiger partial charge in [-0.1, -0.05) is 30.6 Å². The summed E-state index contributed by atoms with van der Waals surface area (Å²) in [6, 6.07) is 12.1. The van der Waals surface area contributed by atoms with E-state index in [2.05, 4.69) is 17.8 Å². The van der Waals surface area contributed by atoms with Crippen LogP contribution in [0.3, 0.4) is 0 Å². The Kier molecular flexibility index (Phi) is 7.04. The van der Waals surface area contributed by atoms with Crippen LogP contribution in [0.25, 0.3) is 10.2 Å². The van der Waals surface area contributed by atoms with Crippen molar-refractivity contribution in [3.8, 4) is 18.1 Å². The quantitative estimate of drug-likeness (QED) is 0.327. The Hall–Kier alpha value is -3.37. The fourth-order valence-corrected chi connectivity index (χ4v) is 3.89. The number of methoxy groups -OCH3 is 1. The highest BCUT2D eigenvalue weighted by atomic mass is 32.1. The normalized spacial score (nSPS) is 11.3. The minimum absolute atomic E-state index is 0.258. The summed E-state index contributed by atoms with van der Waals surface area (Å²) in [7, 11) is 1.33. The smallest absolute Gasteiger partial charge is 0.337 e. The largest absolute Gasteiger partial charge is 0.494 e. The van der Waals surface area contributed by atoms with Crippen LogP contribution in [0.15, 0.2) is 47.5 Å². The molecule has 0 saturated carbocycles. The maximum absolute atomic E-state index is 12.7. The lowest BCUT2D eigenvalue weighted by Gasteiger charge is -2.05. The first kappa shape index (κ1) is 21.3. The van der Waals surface area contributed by atoms with Gasteiger partial charge in [0, 0.05) is 5.56 Å². The zero-order valence-electron chi connectivity index (χ0n) is 16.9. The van der Waals surface area contributed by atoms with Gasteiger partial charge in [-0.05, 0) is 48.9 Å². The molecule has 0 saturated heterocycles. The summed E-state index contributed by atoms with van der Waals surface area (Å²) < 4.78 is 13.0. The predicted molar refractivity (Wildman–Crippen MR) is 117 cm³/mol. The van der Waals surface area contributed by atoms with Gasteiger partial charge in [0.2, 0.25) is 0 Å². The van der Waals surface area contributed by atoms with Crippen molar-refractivity contribution in [3.63, 3.8) is 0 Å². The molecule has 0 N–H and O–H groups in total. The summed E-state index contributed by atoms with van der Waals surface area (Å²) in [5.74, 6) is 2.51. The van der Waals surface area contributed by atoms with E-state index in [-0.39, 0.29) is 12.5 Å². The molecule has 0 unspecified atom stereocenters. The highest BCUT2D eigenvalue weighted by Crippen LogP contribution is 2.20. The Labute approximate surface area is 178 Å². The number of amides is 1. The predicted octanol–water partition coefficient (Wildman–Crippen LogP) is 4.04. The van der Waals surface area contributed by atoms with E-state index in [1.54, 1.807) is 47.0 Å². The third kappa shape index (κ3) is 4.78. The number of aromatic nitrogens is 1. The van der Waals surface area contributed by atoms with E-state index in [1.807, 2.05) is 0 Å². The zero-order chi connectivity index (χ0) is 21.5. The fourth-order valence-electron chi connectivity index (χ4n) is 2.83. The molecule has 1 aromatic heterocycles. The first-order chi connectivity index (χ1) is 14.6. The number of thiazole rings is 1. The number of hydrogen-bond donors (Lipinski definition) is 0. The van der Waals surface area contributed by atoms with E-state index in [9.17, 15) is 9.59 Å².